The van der Waals surface area contributed by atoms with Gasteiger partial charge < -0.3 is 10.5 Å². The van der Waals surface area contributed by atoms with Crippen LogP contribution in [-0.4, -0.2) is 13.1 Å². The quantitative estimate of drug-likeness (QED) is 0.527. The van der Waals surface area contributed by atoms with Crippen LogP contribution in [0.4, 0.5) is 5.69 Å². The zero-order valence-corrected chi connectivity index (χ0v) is 12.5. The Bertz CT molecular complexity index is 631. The van der Waals surface area contributed by atoms with Crippen molar-refractivity contribution >= 4 is 35.0 Å². The molecule has 0 bridgehead atoms. The Morgan fingerprint density at radius 2 is 2.05 bits per heavy atom. The normalized spacial score (nSPS) is 10.3. The van der Waals surface area contributed by atoms with Gasteiger partial charge in [-0.2, -0.15) is 0 Å². The zero-order valence-electron chi connectivity index (χ0n) is 10.9. The number of carbonyl (C=O) groups excluding carboxylic acids is 1. The number of ether oxygens (including phenoxy) is 1. The Morgan fingerprint density at radius 1 is 1.30 bits per heavy atom. The fraction of sp³-hybridized carbons (Fsp3) is 0.133. The van der Waals surface area contributed by atoms with E-state index in [1.807, 2.05) is 24.3 Å². The van der Waals surface area contributed by atoms with Gasteiger partial charge in [-0.1, -0.05) is 29.8 Å². The molecule has 0 aliphatic rings. The second-order valence-electron chi connectivity index (χ2n) is 4.13. The molecular formula is C15H14ClNO2S. The van der Waals surface area contributed by atoms with Crippen molar-refractivity contribution in [3.8, 4) is 0 Å². The van der Waals surface area contributed by atoms with E-state index in [4.69, 9.17) is 22.1 Å². The standard InChI is InChI=1S/C15H14ClNO2S/c1-19-15(18)12-5-3-2-4-10(12)9-20-14-8-11(17)6-7-13(14)16/h2-8H,9,17H2,1H3. The molecule has 2 rings (SSSR count). The first-order chi connectivity index (χ1) is 9.61. The van der Waals surface area contributed by atoms with Gasteiger partial charge in [-0.15, -0.1) is 11.8 Å². The third kappa shape index (κ3) is 3.46. The molecule has 20 heavy (non-hydrogen) atoms. The fourth-order valence-electron chi connectivity index (χ4n) is 1.74. The van der Waals surface area contributed by atoms with Crippen LogP contribution in [0.5, 0.6) is 0 Å². The number of carbonyl (C=O) groups is 1. The van der Waals surface area contributed by atoms with Crippen molar-refractivity contribution in [2.45, 2.75) is 10.6 Å². The van der Waals surface area contributed by atoms with Crippen molar-refractivity contribution in [1.29, 1.82) is 0 Å². The van der Waals surface area contributed by atoms with Gasteiger partial charge in [0.05, 0.1) is 17.7 Å². The van der Waals surface area contributed by atoms with Crippen LogP contribution < -0.4 is 5.73 Å². The number of benzene rings is 2. The predicted octanol–water partition coefficient (Wildman–Crippen LogP) is 4.00. The predicted molar refractivity (Wildman–Crippen MR) is 83.2 cm³/mol. The van der Waals surface area contributed by atoms with Gasteiger partial charge in [0.1, 0.15) is 0 Å². The van der Waals surface area contributed by atoms with E-state index in [9.17, 15) is 4.79 Å². The van der Waals surface area contributed by atoms with Crippen LogP contribution in [0.3, 0.4) is 0 Å². The summed E-state index contributed by atoms with van der Waals surface area (Å²) in [5.41, 5.74) is 7.89. The van der Waals surface area contributed by atoms with Gasteiger partial charge in [0.25, 0.3) is 0 Å². The molecule has 2 aromatic carbocycles. The highest BCUT2D eigenvalue weighted by Crippen LogP contribution is 2.32. The summed E-state index contributed by atoms with van der Waals surface area (Å²) in [6, 6.07) is 12.7. The van der Waals surface area contributed by atoms with Gasteiger partial charge in [-0.05, 0) is 29.8 Å². The minimum atomic E-state index is -0.333. The van der Waals surface area contributed by atoms with Crippen molar-refractivity contribution in [3.63, 3.8) is 0 Å². The van der Waals surface area contributed by atoms with E-state index in [0.717, 1.165) is 10.5 Å². The molecule has 0 aliphatic heterocycles. The monoisotopic (exact) mass is 307 g/mol. The van der Waals surface area contributed by atoms with Crippen molar-refractivity contribution in [2.24, 2.45) is 0 Å². The van der Waals surface area contributed by atoms with Crippen molar-refractivity contribution in [2.75, 3.05) is 12.8 Å². The number of hydrogen-bond acceptors (Lipinski definition) is 4. The van der Waals surface area contributed by atoms with Gasteiger partial charge in [-0.25, -0.2) is 4.79 Å². The number of hydrogen-bond donors (Lipinski definition) is 1. The lowest BCUT2D eigenvalue weighted by Crippen LogP contribution is -2.04. The summed E-state index contributed by atoms with van der Waals surface area (Å²) in [6.45, 7) is 0. The van der Waals surface area contributed by atoms with Crippen LogP contribution in [0.15, 0.2) is 47.4 Å². The molecule has 0 heterocycles. The van der Waals surface area contributed by atoms with Crippen LogP contribution in [-0.2, 0) is 10.5 Å². The molecule has 0 spiro atoms. The van der Waals surface area contributed by atoms with E-state index in [-0.39, 0.29) is 5.97 Å². The maximum atomic E-state index is 11.7. The number of thioether (sulfide) groups is 1. The summed E-state index contributed by atoms with van der Waals surface area (Å²) in [7, 11) is 1.38. The Labute approximate surface area is 127 Å². The second-order valence-corrected chi connectivity index (χ2v) is 5.55. The Morgan fingerprint density at radius 3 is 2.80 bits per heavy atom. The van der Waals surface area contributed by atoms with E-state index in [1.54, 1.807) is 18.2 Å². The number of nitrogen functional groups attached to an aromatic ring is 1. The largest absolute Gasteiger partial charge is 0.465 e. The lowest BCUT2D eigenvalue weighted by Gasteiger charge is -2.09. The third-order valence-electron chi connectivity index (χ3n) is 2.76. The third-order valence-corrected chi connectivity index (χ3v) is 4.31. The van der Waals surface area contributed by atoms with Crippen LogP contribution in [0.1, 0.15) is 15.9 Å². The highest BCUT2D eigenvalue weighted by molar-refractivity contribution is 7.98. The molecule has 0 saturated heterocycles. The Kier molecular flexibility index (Phi) is 4.93. The van der Waals surface area contributed by atoms with E-state index in [2.05, 4.69) is 0 Å². The van der Waals surface area contributed by atoms with Crippen LogP contribution >= 0.6 is 23.4 Å². The molecule has 0 fully saturated rings. The van der Waals surface area contributed by atoms with Crippen molar-refractivity contribution < 1.29 is 9.53 Å². The minimum absolute atomic E-state index is 0.333. The minimum Gasteiger partial charge on any atom is -0.465 e. The second kappa shape index (κ2) is 6.68. The summed E-state index contributed by atoms with van der Waals surface area (Å²) >= 11 is 7.66. The number of methoxy groups -OCH3 is 1. The summed E-state index contributed by atoms with van der Waals surface area (Å²) in [6.07, 6.45) is 0. The molecule has 0 radical (unpaired) electrons. The van der Waals surface area contributed by atoms with Crippen molar-refractivity contribution in [1.82, 2.24) is 0 Å². The molecule has 0 amide bonds. The topological polar surface area (TPSA) is 52.3 Å². The number of esters is 1. The van der Waals surface area contributed by atoms with Crippen molar-refractivity contribution in [3.05, 3.63) is 58.6 Å². The molecule has 0 atom stereocenters. The first kappa shape index (κ1) is 14.8. The molecular weight excluding hydrogens is 294 g/mol. The number of halogens is 1. The molecule has 2 aromatic rings. The van der Waals surface area contributed by atoms with Crippen LogP contribution in [0, 0.1) is 0 Å². The van der Waals surface area contributed by atoms with Gasteiger partial charge in [0, 0.05) is 16.3 Å². The van der Waals surface area contributed by atoms with E-state index < -0.39 is 0 Å². The highest BCUT2D eigenvalue weighted by atomic mass is 35.5. The van der Waals surface area contributed by atoms with E-state index >= 15 is 0 Å². The maximum Gasteiger partial charge on any atom is 0.338 e. The molecule has 0 unspecified atom stereocenters. The van der Waals surface area contributed by atoms with Gasteiger partial charge >= 0.3 is 5.97 Å². The fourth-order valence-corrected chi connectivity index (χ4v) is 3.01. The summed E-state index contributed by atoms with van der Waals surface area (Å²) in [5, 5.41) is 0.653. The average Bonchev–Trinajstić information content (AvgIpc) is 2.47. The lowest BCUT2D eigenvalue weighted by molar-refractivity contribution is 0.0600. The molecule has 104 valence electrons. The SMILES string of the molecule is COC(=O)c1ccccc1CSc1cc(N)ccc1Cl. The molecule has 5 heteroatoms. The lowest BCUT2D eigenvalue weighted by atomic mass is 10.1. The number of anilines is 1. The molecule has 2 N–H and O–H groups in total. The van der Waals surface area contributed by atoms with Gasteiger partial charge in [0.2, 0.25) is 0 Å². The van der Waals surface area contributed by atoms with Gasteiger partial charge in [0.15, 0.2) is 0 Å². The summed E-state index contributed by atoms with van der Waals surface area (Å²) in [5.74, 6) is 0.286. The van der Waals surface area contributed by atoms with Crippen LogP contribution in [0.25, 0.3) is 0 Å². The molecule has 0 aromatic heterocycles. The highest BCUT2D eigenvalue weighted by Gasteiger charge is 2.11. The smallest absolute Gasteiger partial charge is 0.338 e. The number of nitrogens with two attached hydrogens (primary N) is 1. The zero-order chi connectivity index (χ0) is 14.5. The molecule has 3 nitrogen and oxygen atoms in total. The average molecular weight is 308 g/mol. The Hall–Kier alpha value is -1.65. The van der Waals surface area contributed by atoms with Crippen LogP contribution in [0.2, 0.25) is 5.02 Å². The molecule has 0 aliphatic carbocycles. The summed E-state index contributed by atoms with van der Waals surface area (Å²) < 4.78 is 4.78. The summed E-state index contributed by atoms with van der Waals surface area (Å²) in [4.78, 5) is 12.6. The number of rotatable bonds is 4. The maximum absolute atomic E-state index is 11.7. The first-order valence-electron chi connectivity index (χ1n) is 5.96. The van der Waals surface area contributed by atoms with Gasteiger partial charge in [-0.3, -0.25) is 0 Å². The molecule has 0 saturated carbocycles. The Balaban J connectivity index is 2.19. The van der Waals surface area contributed by atoms with E-state index in [1.165, 1.54) is 18.9 Å². The first-order valence-corrected chi connectivity index (χ1v) is 7.32. The van der Waals surface area contributed by atoms with E-state index in [0.29, 0.717) is 22.0 Å².